The summed E-state index contributed by atoms with van der Waals surface area (Å²) in [7, 11) is 3.27. The van der Waals surface area contributed by atoms with Crippen LogP contribution in [0.15, 0.2) is 36.8 Å². The molecule has 3 aromatic heterocycles. The number of hydrogen-bond acceptors (Lipinski definition) is 10. The third-order valence-electron chi connectivity index (χ3n) is 6.72. The van der Waals surface area contributed by atoms with Gasteiger partial charge in [-0.15, -0.1) is 0 Å². The third kappa shape index (κ3) is 4.51. The lowest BCUT2D eigenvalue weighted by Gasteiger charge is -2.40. The summed E-state index contributed by atoms with van der Waals surface area (Å²) in [6.45, 7) is 4.42. The van der Waals surface area contributed by atoms with Gasteiger partial charge in [-0.25, -0.2) is 24.9 Å². The molecule has 10 nitrogen and oxygen atoms in total. The molecule has 5 rings (SSSR count). The topological polar surface area (TPSA) is 100 Å². The molecule has 3 aromatic rings. The molecule has 2 unspecified atom stereocenters. The molecule has 2 aliphatic heterocycles. The Labute approximate surface area is 202 Å². The van der Waals surface area contributed by atoms with Crippen LogP contribution in [0.3, 0.4) is 0 Å². The quantitative estimate of drug-likeness (QED) is 0.408. The van der Waals surface area contributed by atoms with Crippen molar-refractivity contribution in [3.8, 4) is 11.6 Å². The Hall–Kier alpha value is -3.73. The first-order valence-electron chi connectivity index (χ1n) is 11.5. The average molecular weight is 479 g/mol. The summed E-state index contributed by atoms with van der Waals surface area (Å²) in [5, 5.41) is 0. The van der Waals surface area contributed by atoms with Crippen LogP contribution in [0.4, 0.5) is 15.9 Å². The molecule has 0 N–H and O–H groups in total. The van der Waals surface area contributed by atoms with Gasteiger partial charge in [0.1, 0.15) is 11.9 Å². The minimum atomic E-state index is -0.558. The fourth-order valence-corrected chi connectivity index (χ4v) is 4.70. The van der Waals surface area contributed by atoms with Crippen LogP contribution in [-0.2, 0) is 16.0 Å². The molecule has 0 bridgehead atoms. The number of anilines is 2. The van der Waals surface area contributed by atoms with Gasteiger partial charge < -0.3 is 14.5 Å². The molecule has 1 saturated heterocycles. The maximum Gasteiger partial charge on any atom is 0.324 e. The Balaban J connectivity index is 1.40. The predicted molar refractivity (Wildman–Crippen MR) is 127 cm³/mol. The van der Waals surface area contributed by atoms with Crippen molar-refractivity contribution in [2.45, 2.75) is 25.4 Å². The highest BCUT2D eigenvalue weighted by Gasteiger charge is 2.32. The van der Waals surface area contributed by atoms with Crippen molar-refractivity contribution in [2.75, 3.05) is 50.1 Å². The highest BCUT2D eigenvalue weighted by molar-refractivity contribution is 5.77. The van der Waals surface area contributed by atoms with E-state index in [0.717, 1.165) is 11.3 Å². The van der Waals surface area contributed by atoms with Gasteiger partial charge in [0.2, 0.25) is 5.95 Å². The summed E-state index contributed by atoms with van der Waals surface area (Å²) in [6, 6.07) is 4.55. The molecule has 2 aliphatic rings. The predicted octanol–water partition coefficient (Wildman–Crippen LogP) is 1.88. The monoisotopic (exact) mass is 478 g/mol. The van der Waals surface area contributed by atoms with Crippen molar-refractivity contribution in [1.29, 1.82) is 0 Å². The maximum atomic E-state index is 14.7. The molecular formula is C24H27FN8O2. The van der Waals surface area contributed by atoms with Crippen LogP contribution >= 0.6 is 0 Å². The van der Waals surface area contributed by atoms with E-state index in [1.54, 1.807) is 24.7 Å². The van der Waals surface area contributed by atoms with Gasteiger partial charge in [-0.2, -0.15) is 4.39 Å². The molecule has 182 valence electrons. The van der Waals surface area contributed by atoms with E-state index >= 15 is 0 Å². The second-order valence-electron chi connectivity index (χ2n) is 8.76. The second kappa shape index (κ2) is 9.49. The number of nitrogens with zero attached hydrogens (tertiary/aromatic N) is 8. The number of piperazine rings is 1. The Morgan fingerprint density at radius 2 is 1.89 bits per heavy atom. The number of fused-ring (bicyclic) bond motifs is 1. The number of carbonyl (C=O) groups is 1. The second-order valence-corrected chi connectivity index (χ2v) is 8.76. The van der Waals surface area contributed by atoms with Crippen LogP contribution in [0.2, 0.25) is 0 Å². The first kappa shape index (κ1) is 23.0. The van der Waals surface area contributed by atoms with Crippen LogP contribution in [-0.4, -0.2) is 82.2 Å². The zero-order chi connectivity index (χ0) is 24.5. The van der Waals surface area contributed by atoms with Crippen molar-refractivity contribution in [1.82, 2.24) is 29.8 Å². The number of aromatic nitrogens is 5. The van der Waals surface area contributed by atoms with Crippen molar-refractivity contribution in [2.24, 2.45) is 0 Å². The minimum Gasteiger partial charge on any atom is -0.468 e. The van der Waals surface area contributed by atoms with Crippen LogP contribution < -0.4 is 9.80 Å². The first-order valence-corrected chi connectivity index (χ1v) is 11.5. The van der Waals surface area contributed by atoms with Crippen LogP contribution in [0.5, 0.6) is 0 Å². The Bertz CT molecular complexity index is 1230. The Kier molecular flexibility index (Phi) is 6.25. The average Bonchev–Trinajstić information content (AvgIpc) is 2.88. The number of halogens is 1. The molecule has 1 fully saturated rings. The number of likely N-dealkylation sites (N-methyl/N-ethyl adjacent to an activating group) is 1. The van der Waals surface area contributed by atoms with E-state index in [1.165, 1.54) is 13.2 Å². The van der Waals surface area contributed by atoms with E-state index in [9.17, 15) is 9.18 Å². The molecule has 35 heavy (non-hydrogen) atoms. The summed E-state index contributed by atoms with van der Waals surface area (Å²) in [5.74, 6) is 0.665. The van der Waals surface area contributed by atoms with Gasteiger partial charge in [0.05, 0.1) is 18.8 Å². The van der Waals surface area contributed by atoms with E-state index in [0.29, 0.717) is 55.8 Å². The summed E-state index contributed by atoms with van der Waals surface area (Å²) in [4.78, 5) is 40.1. The first-order chi connectivity index (χ1) is 16.9. The van der Waals surface area contributed by atoms with Gasteiger partial charge in [0.15, 0.2) is 11.6 Å². The van der Waals surface area contributed by atoms with Gasteiger partial charge in [-0.05, 0) is 20.0 Å². The SMILES string of the molecule is COC(=O)C1CN(c2cc(F)nc(N3CCc4nc(-c5ncccn5)ncc4C3C)c2)CCN1C. The smallest absolute Gasteiger partial charge is 0.324 e. The summed E-state index contributed by atoms with van der Waals surface area (Å²) < 4.78 is 19.6. The third-order valence-corrected chi connectivity index (χ3v) is 6.72. The lowest BCUT2D eigenvalue weighted by atomic mass is 9.99. The van der Waals surface area contributed by atoms with Crippen molar-refractivity contribution in [3.05, 3.63) is 54.0 Å². The number of rotatable bonds is 4. The number of methoxy groups -OCH3 is 1. The molecule has 11 heteroatoms. The number of pyridine rings is 1. The summed E-state index contributed by atoms with van der Waals surface area (Å²) in [5.41, 5.74) is 2.59. The van der Waals surface area contributed by atoms with Gasteiger partial charge in [-0.1, -0.05) is 0 Å². The van der Waals surface area contributed by atoms with Crippen LogP contribution in [0.1, 0.15) is 24.2 Å². The van der Waals surface area contributed by atoms with E-state index in [4.69, 9.17) is 9.72 Å². The fourth-order valence-electron chi connectivity index (χ4n) is 4.70. The standard InChI is InChI=1S/C24H27FN8O2/c1-15-17-13-28-23(22-26-6-4-7-27-22)29-18(17)5-8-33(15)21-12-16(11-20(25)30-21)32-10-9-31(2)19(14-32)24(34)35-3/h4,6-7,11-13,15,19H,5,8-10,14H2,1-3H3. The Morgan fingerprint density at radius 1 is 1.09 bits per heavy atom. The molecule has 0 aromatic carbocycles. The van der Waals surface area contributed by atoms with E-state index in [1.807, 2.05) is 29.8 Å². The molecule has 5 heterocycles. The van der Waals surface area contributed by atoms with Crippen LogP contribution in [0, 0.1) is 5.95 Å². The fraction of sp³-hybridized carbons (Fsp3) is 0.417. The van der Waals surface area contributed by atoms with Gasteiger partial charge in [-0.3, -0.25) is 9.69 Å². The number of hydrogen-bond donors (Lipinski definition) is 0. The lowest BCUT2D eigenvalue weighted by Crippen LogP contribution is -2.55. The molecule has 0 saturated carbocycles. The molecule has 2 atom stereocenters. The zero-order valence-electron chi connectivity index (χ0n) is 19.9. The summed E-state index contributed by atoms with van der Waals surface area (Å²) >= 11 is 0. The summed E-state index contributed by atoms with van der Waals surface area (Å²) in [6.07, 6.45) is 5.79. The molecular weight excluding hydrogens is 451 g/mol. The van der Waals surface area contributed by atoms with Gasteiger partial charge >= 0.3 is 5.97 Å². The van der Waals surface area contributed by atoms with Gasteiger partial charge in [0.25, 0.3) is 0 Å². The molecule has 0 amide bonds. The van der Waals surface area contributed by atoms with Crippen molar-refractivity contribution >= 4 is 17.5 Å². The van der Waals surface area contributed by atoms with Crippen LogP contribution in [0.25, 0.3) is 11.6 Å². The highest BCUT2D eigenvalue weighted by atomic mass is 19.1. The normalized spacial score (nSPS) is 20.5. The number of esters is 1. The maximum absolute atomic E-state index is 14.7. The van der Waals surface area contributed by atoms with Gasteiger partial charge in [0, 0.05) is 74.6 Å². The highest BCUT2D eigenvalue weighted by Crippen LogP contribution is 2.34. The van der Waals surface area contributed by atoms with E-state index in [2.05, 4.69) is 24.8 Å². The van der Waals surface area contributed by atoms with Crippen molar-refractivity contribution < 1.29 is 13.9 Å². The minimum absolute atomic E-state index is 0.0954. The Morgan fingerprint density at radius 3 is 2.66 bits per heavy atom. The lowest BCUT2D eigenvalue weighted by molar-refractivity contribution is -0.146. The molecule has 0 aliphatic carbocycles. The van der Waals surface area contributed by atoms with Crippen molar-refractivity contribution in [3.63, 3.8) is 0 Å². The van der Waals surface area contributed by atoms with E-state index in [-0.39, 0.29) is 12.0 Å². The largest absolute Gasteiger partial charge is 0.468 e. The van der Waals surface area contributed by atoms with E-state index < -0.39 is 12.0 Å². The molecule has 0 spiro atoms. The number of carbonyl (C=O) groups excluding carboxylic acids is 1. The zero-order valence-corrected chi connectivity index (χ0v) is 19.9. The molecule has 0 radical (unpaired) electrons. The number of ether oxygens (including phenoxy) is 1.